The summed E-state index contributed by atoms with van der Waals surface area (Å²) in [7, 11) is 0. The van der Waals surface area contributed by atoms with Crippen LogP contribution in [0.3, 0.4) is 0 Å². The van der Waals surface area contributed by atoms with Crippen molar-refractivity contribution >= 4 is 34.8 Å². The molecule has 0 saturated heterocycles. The summed E-state index contributed by atoms with van der Waals surface area (Å²) in [6.45, 7) is 3.73. The quantitative estimate of drug-likeness (QED) is 0.680. The molecule has 0 aliphatic rings. The largest absolute Gasteiger partial charge is 0.322 e. The second kappa shape index (κ2) is 8.01. The summed E-state index contributed by atoms with van der Waals surface area (Å²) >= 11 is 6.08. The Labute approximate surface area is 162 Å². The van der Waals surface area contributed by atoms with E-state index in [9.17, 15) is 9.59 Å². The molecule has 6 heteroatoms. The molecule has 3 rings (SSSR count). The van der Waals surface area contributed by atoms with Crippen molar-refractivity contribution in [2.45, 2.75) is 13.8 Å². The van der Waals surface area contributed by atoms with E-state index in [1.807, 2.05) is 38.1 Å². The Bertz CT molecular complexity index is 1020. The minimum Gasteiger partial charge on any atom is -0.322 e. The standard InChI is InChI=1S/C21H18ClN3O2/c1-13-6-3-4-8-18(13)24-20(26)15-10-16(12-23-11-15)21(27)25-19-9-5-7-17(22)14(19)2/h3-12H,1-2H3,(H,24,26)(H,25,27). The van der Waals surface area contributed by atoms with Gasteiger partial charge in [0.15, 0.2) is 0 Å². The Balaban J connectivity index is 1.78. The topological polar surface area (TPSA) is 71.1 Å². The lowest BCUT2D eigenvalue weighted by molar-refractivity contribution is 0.102. The van der Waals surface area contributed by atoms with Crippen LogP contribution in [-0.2, 0) is 0 Å². The van der Waals surface area contributed by atoms with Gasteiger partial charge in [0.1, 0.15) is 0 Å². The van der Waals surface area contributed by atoms with Gasteiger partial charge in [-0.2, -0.15) is 0 Å². The van der Waals surface area contributed by atoms with Crippen molar-refractivity contribution in [3.8, 4) is 0 Å². The normalized spacial score (nSPS) is 10.3. The van der Waals surface area contributed by atoms with Gasteiger partial charge in [0.05, 0.1) is 11.1 Å². The van der Waals surface area contributed by atoms with Gasteiger partial charge in [0, 0.05) is 28.8 Å². The number of aromatic nitrogens is 1. The molecule has 0 bridgehead atoms. The number of benzene rings is 2. The van der Waals surface area contributed by atoms with Crippen LogP contribution in [0.4, 0.5) is 11.4 Å². The van der Waals surface area contributed by atoms with Crippen molar-refractivity contribution < 1.29 is 9.59 Å². The van der Waals surface area contributed by atoms with Crippen molar-refractivity contribution in [3.63, 3.8) is 0 Å². The number of para-hydroxylation sites is 1. The van der Waals surface area contributed by atoms with Crippen LogP contribution in [0, 0.1) is 13.8 Å². The van der Waals surface area contributed by atoms with Gasteiger partial charge >= 0.3 is 0 Å². The van der Waals surface area contributed by atoms with Gasteiger partial charge in [0.2, 0.25) is 0 Å². The first kappa shape index (κ1) is 18.6. The monoisotopic (exact) mass is 379 g/mol. The minimum atomic E-state index is -0.363. The van der Waals surface area contributed by atoms with Crippen LogP contribution < -0.4 is 10.6 Å². The zero-order valence-electron chi connectivity index (χ0n) is 14.9. The number of hydrogen-bond donors (Lipinski definition) is 2. The smallest absolute Gasteiger partial charge is 0.257 e. The van der Waals surface area contributed by atoms with Crippen LogP contribution in [0.25, 0.3) is 0 Å². The molecule has 0 aliphatic heterocycles. The van der Waals surface area contributed by atoms with Gasteiger partial charge in [-0.25, -0.2) is 0 Å². The van der Waals surface area contributed by atoms with Crippen LogP contribution in [0.15, 0.2) is 60.9 Å². The summed E-state index contributed by atoms with van der Waals surface area (Å²) in [4.78, 5) is 29.1. The zero-order chi connectivity index (χ0) is 19.4. The second-order valence-corrected chi connectivity index (χ2v) is 6.51. The first-order valence-corrected chi connectivity index (χ1v) is 8.72. The average Bonchev–Trinajstić information content (AvgIpc) is 2.67. The number of hydrogen-bond acceptors (Lipinski definition) is 3. The molecule has 0 spiro atoms. The van der Waals surface area contributed by atoms with Gasteiger partial charge < -0.3 is 10.6 Å². The van der Waals surface area contributed by atoms with Crippen LogP contribution in [0.2, 0.25) is 5.02 Å². The van der Waals surface area contributed by atoms with Gasteiger partial charge in [-0.3, -0.25) is 14.6 Å². The fourth-order valence-corrected chi connectivity index (χ4v) is 2.71. The van der Waals surface area contributed by atoms with Crippen molar-refractivity contribution in [2.75, 3.05) is 10.6 Å². The number of amides is 2. The SMILES string of the molecule is Cc1ccccc1NC(=O)c1cncc(C(=O)Nc2cccc(Cl)c2C)c1. The number of anilines is 2. The molecule has 27 heavy (non-hydrogen) atoms. The minimum absolute atomic E-state index is 0.284. The molecule has 0 saturated carbocycles. The summed E-state index contributed by atoms with van der Waals surface area (Å²) in [6.07, 6.45) is 2.84. The lowest BCUT2D eigenvalue weighted by atomic mass is 10.1. The first-order chi connectivity index (χ1) is 13.0. The summed E-state index contributed by atoms with van der Waals surface area (Å²) in [5.74, 6) is -0.691. The molecule has 5 nitrogen and oxygen atoms in total. The highest BCUT2D eigenvalue weighted by molar-refractivity contribution is 6.31. The molecule has 2 N–H and O–H groups in total. The Morgan fingerprint density at radius 2 is 1.44 bits per heavy atom. The molecular weight excluding hydrogens is 362 g/mol. The van der Waals surface area contributed by atoms with E-state index in [1.54, 1.807) is 18.2 Å². The molecule has 1 aromatic heterocycles. The van der Waals surface area contributed by atoms with Crippen molar-refractivity contribution in [1.82, 2.24) is 4.98 Å². The fraction of sp³-hybridized carbons (Fsp3) is 0.0952. The Morgan fingerprint density at radius 1 is 0.852 bits per heavy atom. The van der Waals surface area contributed by atoms with E-state index >= 15 is 0 Å². The maximum Gasteiger partial charge on any atom is 0.257 e. The lowest BCUT2D eigenvalue weighted by Gasteiger charge is -2.11. The van der Waals surface area contributed by atoms with E-state index < -0.39 is 0 Å². The van der Waals surface area contributed by atoms with Crippen molar-refractivity contribution in [1.29, 1.82) is 0 Å². The average molecular weight is 380 g/mol. The summed E-state index contributed by atoms with van der Waals surface area (Å²) in [6, 6.07) is 14.3. The number of rotatable bonds is 4. The van der Waals surface area contributed by atoms with Gasteiger partial charge in [0.25, 0.3) is 11.8 Å². The lowest BCUT2D eigenvalue weighted by Crippen LogP contribution is -2.17. The Hall–Kier alpha value is -3.18. The molecule has 1 heterocycles. The molecule has 0 atom stereocenters. The molecule has 2 aromatic carbocycles. The molecule has 2 amide bonds. The molecule has 0 radical (unpaired) electrons. The molecule has 136 valence electrons. The highest BCUT2D eigenvalue weighted by atomic mass is 35.5. The van der Waals surface area contributed by atoms with E-state index in [2.05, 4.69) is 15.6 Å². The summed E-state index contributed by atoms with van der Waals surface area (Å²) < 4.78 is 0. The van der Waals surface area contributed by atoms with E-state index in [4.69, 9.17) is 11.6 Å². The number of pyridine rings is 1. The van der Waals surface area contributed by atoms with Gasteiger partial charge in [-0.05, 0) is 49.2 Å². The fourth-order valence-electron chi connectivity index (χ4n) is 2.53. The highest BCUT2D eigenvalue weighted by Crippen LogP contribution is 2.23. The molecule has 0 fully saturated rings. The number of nitrogens with one attached hydrogen (secondary N) is 2. The third kappa shape index (κ3) is 4.33. The number of nitrogens with zero attached hydrogens (tertiary/aromatic N) is 1. The maximum atomic E-state index is 12.5. The molecule has 0 unspecified atom stereocenters. The van der Waals surface area contributed by atoms with Crippen LogP contribution in [0.5, 0.6) is 0 Å². The predicted octanol–water partition coefficient (Wildman–Crippen LogP) is 4.86. The number of halogens is 1. The van der Waals surface area contributed by atoms with Crippen LogP contribution in [0.1, 0.15) is 31.8 Å². The van der Waals surface area contributed by atoms with Crippen LogP contribution in [-0.4, -0.2) is 16.8 Å². The predicted molar refractivity (Wildman–Crippen MR) is 108 cm³/mol. The van der Waals surface area contributed by atoms with E-state index in [-0.39, 0.29) is 17.4 Å². The van der Waals surface area contributed by atoms with E-state index in [1.165, 1.54) is 18.5 Å². The number of carbonyl (C=O) groups excluding carboxylic acids is 2. The third-order valence-electron chi connectivity index (χ3n) is 4.17. The zero-order valence-corrected chi connectivity index (χ0v) is 15.7. The number of carbonyl (C=O) groups is 2. The van der Waals surface area contributed by atoms with Crippen molar-refractivity contribution in [3.05, 3.63) is 88.2 Å². The molecular formula is C21H18ClN3O2. The Morgan fingerprint density at radius 3 is 2.11 bits per heavy atom. The van der Waals surface area contributed by atoms with Crippen LogP contribution >= 0.6 is 11.6 Å². The third-order valence-corrected chi connectivity index (χ3v) is 4.58. The summed E-state index contributed by atoms with van der Waals surface area (Å²) in [5, 5.41) is 6.19. The highest BCUT2D eigenvalue weighted by Gasteiger charge is 2.13. The number of aryl methyl sites for hydroxylation is 1. The van der Waals surface area contributed by atoms with Gasteiger partial charge in [-0.1, -0.05) is 35.9 Å². The van der Waals surface area contributed by atoms with Gasteiger partial charge in [-0.15, -0.1) is 0 Å². The maximum absolute atomic E-state index is 12.5. The van der Waals surface area contributed by atoms with E-state index in [0.717, 1.165) is 11.1 Å². The summed E-state index contributed by atoms with van der Waals surface area (Å²) in [5.41, 5.74) is 3.63. The van der Waals surface area contributed by atoms with Crippen molar-refractivity contribution in [2.24, 2.45) is 0 Å². The Kier molecular flexibility index (Phi) is 5.52. The molecule has 3 aromatic rings. The van der Waals surface area contributed by atoms with E-state index in [0.29, 0.717) is 22.0 Å². The second-order valence-electron chi connectivity index (χ2n) is 6.10. The first-order valence-electron chi connectivity index (χ1n) is 8.34. The molecule has 0 aliphatic carbocycles.